The maximum Gasteiger partial charge on any atom is 0.407 e. The monoisotopic (exact) mass is 1160 g/mol. The third-order valence-corrected chi connectivity index (χ3v) is 14.2. The number of halogens is 10. The Labute approximate surface area is 459 Å². The van der Waals surface area contributed by atoms with Gasteiger partial charge in [-0.25, -0.2) is 33.0 Å². The molecule has 4 heterocycles. The number of carbonyl (C=O) groups is 4. The number of ether oxygens (including phenoxy) is 3. The van der Waals surface area contributed by atoms with Crippen molar-refractivity contribution in [3.63, 3.8) is 0 Å². The molecule has 18 nitrogen and oxygen atoms in total. The van der Waals surface area contributed by atoms with Gasteiger partial charge in [0, 0.05) is 93.2 Å². The average Bonchev–Trinajstić information content (AvgIpc) is 3.94. The first-order valence-corrected chi connectivity index (χ1v) is 25.3. The number of hydrazine groups is 1. The molecule has 5 N–H and O–H groups in total. The van der Waals surface area contributed by atoms with Crippen LogP contribution in [-0.4, -0.2) is 157 Å². The van der Waals surface area contributed by atoms with Crippen LogP contribution in [0.3, 0.4) is 0 Å². The number of nitrogens with one attached hydrogen (secondary N) is 4. The summed E-state index contributed by atoms with van der Waals surface area (Å²) in [6.07, 6.45) is -11.6. The first-order valence-electron chi connectivity index (χ1n) is 25.3. The molecular weight excluding hydrogens is 1090 g/mol. The SMILES string of the molecule is COC(=O)NC(C(=O)NC(Cc1ccc(C#Cc2ccc(N3CCN(C4CCOCC4)CC3)nc2)cc1)C(O)CN(Cc1c(F)cc(-c2ccn(C(F)F)n2)cc1F)NC(=O)C(NC(=O)OC)C(C)(C)C(F)(F)F)C(C)(C)C(F)(F)F. The number of anilines is 1. The molecule has 6 rings (SSSR count). The van der Waals surface area contributed by atoms with E-state index in [0.717, 1.165) is 84.5 Å². The quantitative estimate of drug-likeness (QED) is 0.0370. The van der Waals surface area contributed by atoms with E-state index in [1.54, 1.807) is 11.5 Å². The maximum atomic E-state index is 16.0. The van der Waals surface area contributed by atoms with Crippen LogP contribution >= 0.6 is 0 Å². The van der Waals surface area contributed by atoms with Crippen molar-refractivity contribution in [1.82, 2.24) is 46.0 Å². The lowest BCUT2D eigenvalue weighted by molar-refractivity contribution is -0.221. The van der Waals surface area contributed by atoms with Crippen LogP contribution in [0.4, 0.5) is 59.3 Å². The molecule has 2 aromatic carbocycles. The number of hydrogen-bond donors (Lipinski definition) is 5. The van der Waals surface area contributed by atoms with Gasteiger partial charge >= 0.3 is 31.1 Å². The summed E-state index contributed by atoms with van der Waals surface area (Å²) in [5.74, 6) is 0.733. The summed E-state index contributed by atoms with van der Waals surface area (Å²) in [4.78, 5) is 62.1. The van der Waals surface area contributed by atoms with E-state index < -0.39 is 115 Å². The first kappa shape index (κ1) is 63.0. The summed E-state index contributed by atoms with van der Waals surface area (Å²) in [5.41, 5.74) is -4.43. The highest BCUT2D eigenvalue weighted by Gasteiger charge is 2.57. The molecule has 4 amide bonds. The van der Waals surface area contributed by atoms with Crippen LogP contribution in [0.2, 0.25) is 0 Å². The third kappa shape index (κ3) is 16.0. The highest BCUT2D eigenvalue weighted by molar-refractivity contribution is 5.87. The molecule has 81 heavy (non-hydrogen) atoms. The molecule has 0 radical (unpaired) electrons. The molecule has 28 heteroatoms. The zero-order chi connectivity index (χ0) is 59.6. The van der Waals surface area contributed by atoms with Crippen LogP contribution < -0.4 is 26.3 Å². The number of aliphatic hydroxyl groups is 1. The Morgan fingerprint density at radius 2 is 1.32 bits per heavy atom. The van der Waals surface area contributed by atoms with Crippen molar-refractivity contribution in [2.24, 2.45) is 10.8 Å². The van der Waals surface area contributed by atoms with E-state index in [1.807, 2.05) is 22.9 Å². The standard InChI is InChI=1S/C53H62F10N10O8/c1-50(2,52(58,59)60)43(66-48(77)79-5)45(75)65-40(25-32-10-7-31(8-11-32)9-12-33-13-14-42(64-28-33)71-21-19-70(20-22-71)35-16-23-81-24-17-35)41(74)30-72(69-46(76)44(67-49(78)80-6)51(3,4)53(61,62)63)29-36-37(54)26-34(27-38(36)55)39-15-18-73(68-39)47(56)57/h7-8,10-11,13-15,18,26-28,35,40-41,43-44,47,74H,16-17,19-25,29-30H2,1-6H3,(H,65,75)(H,66,77)(H,67,78)(H,69,76). The fourth-order valence-corrected chi connectivity index (χ4v) is 8.93. The Hall–Kier alpha value is -7.22. The summed E-state index contributed by atoms with van der Waals surface area (Å²) >= 11 is 0. The predicted octanol–water partition coefficient (Wildman–Crippen LogP) is 6.87. The second-order valence-electron chi connectivity index (χ2n) is 20.4. The van der Waals surface area contributed by atoms with Gasteiger partial charge in [-0.15, -0.1) is 0 Å². The number of pyridine rings is 1. The third-order valence-electron chi connectivity index (χ3n) is 14.2. The number of rotatable bonds is 19. The molecule has 0 saturated carbocycles. The summed E-state index contributed by atoms with van der Waals surface area (Å²) in [6.45, 7) is 1.77. The molecular formula is C53H62F10N10O8. The maximum absolute atomic E-state index is 16.0. The zero-order valence-corrected chi connectivity index (χ0v) is 44.9. The Bertz CT molecular complexity index is 2840. The molecule has 0 aliphatic carbocycles. The molecule has 4 aromatic rings. The smallest absolute Gasteiger partial charge is 0.407 e. The van der Waals surface area contributed by atoms with E-state index in [9.17, 15) is 59.4 Å². The topological polar surface area (TPSA) is 205 Å². The van der Waals surface area contributed by atoms with E-state index in [2.05, 4.69) is 46.5 Å². The Morgan fingerprint density at radius 1 is 0.778 bits per heavy atom. The van der Waals surface area contributed by atoms with Crippen LogP contribution in [0, 0.1) is 34.3 Å². The van der Waals surface area contributed by atoms with E-state index in [-0.39, 0.29) is 21.5 Å². The summed E-state index contributed by atoms with van der Waals surface area (Å²) in [6, 6.07) is 5.78. The summed E-state index contributed by atoms with van der Waals surface area (Å²) in [7, 11) is 1.60. The van der Waals surface area contributed by atoms with Gasteiger partial charge in [-0.1, -0.05) is 24.0 Å². The molecule has 2 fully saturated rings. The van der Waals surface area contributed by atoms with Gasteiger partial charge in [0.05, 0.1) is 42.9 Å². The highest BCUT2D eigenvalue weighted by atomic mass is 19.4. The number of piperazine rings is 1. The lowest BCUT2D eigenvalue weighted by Crippen LogP contribution is -2.63. The van der Waals surface area contributed by atoms with Gasteiger partial charge < -0.3 is 40.2 Å². The van der Waals surface area contributed by atoms with E-state index >= 15 is 8.78 Å². The molecule has 0 spiro atoms. The minimum atomic E-state index is -5.23. The van der Waals surface area contributed by atoms with Crippen molar-refractivity contribution in [3.05, 3.63) is 101 Å². The van der Waals surface area contributed by atoms with Gasteiger partial charge in [-0.05, 0) is 95.0 Å². The van der Waals surface area contributed by atoms with Crippen molar-refractivity contribution in [1.29, 1.82) is 0 Å². The first-order chi connectivity index (χ1) is 38.0. The van der Waals surface area contributed by atoms with Crippen molar-refractivity contribution in [2.45, 2.75) is 103 Å². The van der Waals surface area contributed by atoms with E-state index in [0.29, 0.717) is 62.0 Å². The number of aromatic nitrogens is 3. The number of carbonyl (C=O) groups excluding carboxylic acids is 4. The number of nitrogens with zero attached hydrogens (tertiary/aromatic N) is 6. The second-order valence-corrected chi connectivity index (χ2v) is 20.4. The van der Waals surface area contributed by atoms with E-state index in [1.165, 1.54) is 24.3 Å². The minimum Gasteiger partial charge on any atom is -0.453 e. The van der Waals surface area contributed by atoms with Gasteiger partial charge in [0.15, 0.2) is 0 Å². The van der Waals surface area contributed by atoms with Gasteiger partial charge in [-0.2, -0.15) is 40.2 Å². The van der Waals surface area contributed by atoms with Crippen molar-refractivity contribution in [2.75, 3.05) is 65.1 Å². The fraction of sp³-hybridized carbons (Fsp3) is 0.509. The fourth-order valence-electron chi connectivity index (χ4n) is 8.93. The summed E-state index contributed by atoms with van der Waals surface area (Å²) < 4.78 is 161. The van der Waals surface area contributed by atoms with Gasteiger partial charge in [0.25, 0.3) is 5.91 Å². The number of alkyl halides is 8. The Balaban J connectivity index is 1.31. The Kier molecular flexibility index (Phi) is 20.7. The largest absolute Gasteiger partial charge is 0.453 e. The van der Waals surface area contributed by atoms with Crippen LogP contribution in [0.1, 0.15) is 69.3 Å². The lowest BCUT2D eigenvalue weighted by atomic mass is 9.82. The number of aliphatic hydroxyl groups excluding tert-OH is 1. The van der Waals surface area contributed by atoms with Crippen molar-refractivity contribution >= 4 is 29.8 Å². The molecule has 4 atom stereocenters. The molecule has 2 aliphatic heterocycles. The van der Waals surface area contributed by atoms with Crippen molar-refractivity contribution in [3.8, 4) is 23.1 Å². The van der Waals surface area contributed by atoms with Crippen LogP contribution in [0.5, 0.6) is 0 Å². The summed E-state index contributed by atoms with van der Waals surface area (Å²) in [5, 5.41) is 22.1. The molecule has 2 aromatic heterocycles. The second kappa shape index (κ2) is 26.6. The minimum absolute atomic E-state index is 0.198. The van der Waals surface area contributed by atoms with Gasteiger partial charge in [0.1, 0.15) is 29.5 Å². The molecule has 4 unspecified atom stereocenters. The highest BCUT2D eigenvalue weighted by Crippen LogP contribution is 2.42. The van der Waals surface area contributed by atoms with Crippen LogP contribution in [-0.2, 0) is 36.8 Å². The number of alkyl carbamates (subject to hydrolysis) is 2. The van der Waals surface area contributed by atoms with Crippen molar-refractivity contribution < 1.29 is 82.4 Å². The van der Waals surface area contributed by atoms with Gasteiger partial charge in [-0.3, -0.25) is 19.9 Å². The predicted molar refractivity (Wildman–Crippen MR) is 272 cm³/mol. The van der Waals surface area contributed by atoms with E-state index in [4.69, 9.17) is 4.74 Å². The zero-order valence-electron chi connectivity index (χ0n) is 44.9. The molecule has 2 aliphatic rings. The normalized spacial score (nSPS) is 16.4. The van der Waals surface area contributed by atoms with Gasteiger partial charge in [0.2, 0.25) is 5.91 Å². The number of benzene rings is 2. The number of hydrogen-bond acceptors (Lipinski definition) is 13. The average molecular weight is 1160 g/mol. The lowest BCUT2D eigenvalue weighted by Gasteiger charge is -2.41. The number of amides is 4. The molecule has 442 valence electrons. The van der Waals surface area contributed by atoms with Crippen LogP contribution in [0.15, 0.2) is 67.0 Å². The van der Waals surface area contributed by atoms with Crippen LogP contribution in [0.25, 0.3) is 11.3 Å². The number of methoxy groups -OCH3 is 2. The molecule has 2 saturated heterocycles. The Morgan fingerprint density at radius 3 is 1.83 bits per heavy atom. The molecule has 0 bridgehead atoms.